The fourth-order valence-electron chi connectivity index (χ4n) is 6.56. The lowest BCUT2D eigenvalue weighted by molar-refractivity contribution is -0.136. The summed E-state index contributed by atoms with van der Waals surface area (Å²) in [6.45, 7) is 10.0. The van der Waals surface area contributed by atoms with Crippen LogP contribution in [0.3, 0.4) is 0 Å². The number of aromatic nitrogens is 2. The molecule has 57 heavy (non-hydrogen) atoms. The first-order valence-electron chi connectivity index (χ1n) is 20.4. The van der Waals surface area contributed by atoms with Crippen LogP contribution in [-0.2, 0) is 41.6 Å². The Balaban J connectivity index is 2.32. The summed E-state index contributed by atoms with van der Waals surface area (Å²) in [6.07, 6.45) is 6.57. The van der Waals surface area contributed by atoms with E-state index in [2.05, 4.69) is 30.9 Å². The number of rotatable bonds is 29. The summed E-state index contributed by atoms with van der Waals surface area (Å²) in [7, 11) is 0. The molecule has 0 aliphatic carbocycles. The van der Waals surface area contributed by atoms with Gasteiger partial charge in [0.15, 0.2) is 23.3 Å². The van der Waals surface area contributed by atoms with Crippen LogP contribution in [-0.4, -0.2) is 82.2 Å². The second-order valence-corrected chi connectivity index (χ2v) is 15.6. The number of guanidine groups is 1. The lowest BCUT2D eigenvalue weighted by atomic mass is 9.87. The summed E-state index contributed by atoms with van der Waals surface area (Å²) in [5.74, 6) is -3.88. The highest BCUT2D eigenvalue weighted by atomic mass is 16.2. The Bertz CT molecular complexity index is 1580. The largest absolute Gasteiger partial charge is 0.370 e. The van der Waals surface area contributed by atoms with E-state index < -0.39 is 41.8 Å². The zero-order chi connectivity index (χ0) is 42.3. The average molecular weight is 794 g/mol. The average Bonchev–Trinajstić information content (AvgIpc) is 3.69. The van der Waals surface area contributed by atoms with E-state index in [0.717, 1.165) is 5.56 Å². The van der Waals surface area contributed by atoms with Gasteiger partial charge in [-0.3, -0.25) is 33.8 Å². The summed E-state index contributed by atoms with van der Waals surface area (Å²) in [6, 6.07) is 6.80. The summed E-state index contributed by atoms with van der Waals surface area (Å²) < 4.78 is 0. The minimum Gasteiger partial charge on any atom is -0.370 e. The van der Waals surface area contributed by atoms with Crippen LogP contribution in [0.25, 0.3) is 0 Å². The fourth-order valence-corrected chi connectivity index (χ4v) is 6.56. The number of carbonyl (C=O) groups excluding carboxylic acids is 6. The number of hydrogen-bond donors (Lipinski definition) is 7. The van der Waals surface area contributed by atoms with Crippen LogP contribution in [0.15, 0.2) is 47.8 Å². The van der Waals surface area contributed by atoms with E-state index in [4.69, 9.17) is 17.2 Å². The Morgan fingerprint density at radius 1 is 0.772 bits per heavy atom. The molecule has 0 spiro atoms. The second kappa shape index (κ2) is 26.1. The highest BCUT2D eigenvalue weighted by Gasteiger charge is 2.34. The topological polar surface area (TPSA) is 258 Å². The molecule has 1 aromatic heterocycles. The molecule has 0 fully saturated rings. The maximum Gasteiger partial charge on any atom is 0.224 e. The third-order valence-electron chi connectivity index (χ3n) is 9.93. The van der Waals surface area contributed by atoms with Gasteiger partial charge in [0, 0.05) is 56.5 Å². The number of ketones is 3. The zero-order valence-electron chi connectivity index (χ0n) is 34.6. The molecular weight excluding hydrogens is 727 g/mol. The molecule has 2 aromatic rings. The van der Waals surface area contributed by atoms with Gasteiger partial charge in [-0.15, -0.1) is 0 Å². The third kappa shape index (κ3) is 18.7. The maximum absolute atomic E-state index is 14.1. The van der Waals surface area contributed by atoms with Crippen molar-refractivity contribution in [2.24, 2.45) is 45.9 Å². The second-order valence-electron chi connectivity index (χ2n) is 15.6. The van der Waals surface area contributed by atoms with Gasteiger partial charge in [-0.25, -0.2) is 4.98 Å². The van der Waals surface area contributed by atoms with E-state index in [-0.39, 0.29) is 80.2 Å². The lowest BCUT2D eigenvalue weighted by Crippen LogP contribution is -2.50. The van der Waals surface area contributed by atoms with Crippen molar-refractivity contribution in [2.75, 3.05) is 13.1 Å². The van der Waals surface area contributed by atoms with Crippen molar-refractivity contribution in [1.82, 2.24) is 25.9 Å². The highest BCUT2D eigenvalue weighted by Crippen LogP contribution is 2.20. The first-order valence-corrected chi connectivity index (χ1v) is 20.4. The van der Waals surface area contributed by atoms with Crippen LogP contribution in [0.2, 0.25) is 0 Å². The number of nitrogens with one attached hydrogen (secondary N) is 4. The number of nitrogens with two attached hydrogens (primary N) is 3. The maximum atomic E-state index is 14.1. The Morgan fingerprint density at radius 2 is 1.46 bits per heavy atom. The molecule has 15 heteroatoms. The monoisotopic (exact) mass is 794 g/mol. The number of benzene rings is 1. The molecule has 316 valence electrons. The zero-order valence-corrected chi connectivity index (χ0v) is 34.6. The van der Waals surface area contributed by atoms with Gasteiger partial charge in [0.1, 0.15) is 0 Å². The molecule has 10 N–H and O–H groups in total. The normalized spacial score (nSPS) is 13.9. The quantitative estimate of drug-likeness (QED) is 0.0360. The summed E-state index contributed by atoms with van der Waals surface area (Å²) in [4.78, 5) is 92.9. The van der Waals surface area contributed by atoms with Crippen molar-refractivity contribution in [1.29, 1.82) is 0 Å². The molecule has 0 radical (unpaired) electrons. The van der Waals surface area contributed by atoms with Gasteiger partial charge in [0.2, 0.25) is 17.7 Å². The standard InChI is InChI=1S/C42H67N9O6/c1-6-35(52)34(21-29-13-8-7-9-14-29)50-41(57)31(22-32-25-46-26-48-32)24-37(54)39(28(4)5)51-40(56)30(15-12-20-47-42(44)45)23-36(53)33(16-10-11-19-43)49-38(55)18-17-27(2)3/h7-9,13-14,25-28,30-31,33-34,39H,6,10-12,15-24,43H2,1-5H3,(H,46,48)(H,49,55)(H,50,57)(H,51,56)(H4,44,45,47)/t30-,31-,33+,34+,39+/m1/s1. The lowest BCUT2D eigenvalue weighted by Gasteiger charge is -2.27. The van der Waals surface area contributed by atoms with Crippen molar-refractivity contribution in [3.63, 3.8) is 0 Å². The minimum atomic E-state index is -0.988. The predicted molar refractivity (Wildman–Crippen MR) is 221 cm³/mol. The third-order valence-corrected chi connectivity index (χ3v) is 9.93. The van der Waals surface area contributed by atoms with Gasteiger partial charge >= 0.3 is 0 Å². The molecule has 1 heterocycles. The summed E-state index contributed by atoms with van der Waals surface area (Å²) >= 11 is 0. The molecule has 0 aliphatic heterocycles. The van der Waals surface area contributed by atoms with E-state index in [1.54, 1.807) is 27.0 Å². The summed E-state index contributed by atoms with van der Waals surface area (Å²) in [5, 5.41) is 8.70. The van der Waals surface area contributed by atoms with Crippen molar-refractivity contribution in [3.05, 3.63) is 54.1 Å². The number of amides is 3. The smallest absolute Gasteiger partial charge is 0.224 e. The van der Waals surface area contributed by atoms with Gasteiger partial charge in [0.25, 0.3) is 0 Å². The van der Waals surface area contributed by atoms with Gasteiger partial charge in [-0.2, -0.15) is 0 Å². The minimum absolute atomic E-state index is 0.0965. The number of aliphatic imine (C=N–C) groups is 1. The molecule has 15 nitrogen and oxygen atoms in total. The Hall–Kier alpha value is -4.92. The number of hydrogen-bond acceptors (Lipinski definition) is 9. The van der Waals surface area contributed by atoms with Crippen LogP contribution >= 0.6 is 0 Å². The highest BCUT2D eigenvalue weighted by molar-refractivity contribution is 5.96. The Morgan fingerprint density at radius 3 is 2.05 bits per heavy atom. The van der Waals surface area contributed by atoms with Crippen molar-refractivity contribution >= 4 is 41.0 Å². The fraction of sp³-hybridized carbons (Fsp3) is 0.619. The molecule has 0 saturated carbocycles. The van der Waals surface area contributed by atoms with Gasteiger partial charge in [0.05, 0.1) is 30.4 Å². The van der Waals surface area contributed by atoms with Crippen molar-refractivity contribution < 1.29 is 28.8 Å². The molecule has 3 amide bonds. The van der Waals surface area contributed by atoms with Crippen LogP contribution in [0.4, 0.5) is 0 Å². The van der Waals surface area contributed by atoms with Gasteiger partial charge in [-0.05, 0) is 68.9 Å². The predicted octanol–water partition coefficient (Wildman–Crippen LogP) is 3.05. The first kappa shape index (κ1) is 48.2. The van der Waals surface area contributed by atoms with E-state index in [1.807, 2.05) is 44.2 Å². The molecule has 2 rings (SSSR count). The van der Waals surface area contributed by atoms with Crippen molar-refractivity contribution in [3.8, 4) is 0 Å². The van der Waals surface area contributed by atoms with Gasteiger partial charge < -0.3 is 38.1 Å². The number of imidazole rings is 1. The molecule has 0 unspecified atom stereocenters. The molecule has 5 atom stereocenters. The van der Waals surface area contributed by atoms with Crippen LogP contribution in [0, 0.1) is 23.7 Å². The number of unbranched alkanes of at least 4 members (excludes halogenated alkanes) is 1. The first-order chi connectivity index (χ1) is 27.1. The molecule has 0 aliphatic rings. The Labute approximate surface area is 337 Å². The van der Waals surface area contributed by atoms with E-state index in [0.29, 0.717) is 56.7 Å². The number of carbonyl (C=O) groups is 6. The molecule has 0 bridgehead atoms. The van der Waals surface area contributed by atoms with E-state index in [9.17, 15) is 28.8 Å². The van der Waals surface area contributed by atoms with E-state index >= 15 is 0 Å². The van der Waals surface area contributed by atoms with Crippen LogP contribution < -0.4 is 33.2 Å². The SMILES string of the molecule is CCC(=O)[C@H](Cc1ccccc1)NC(=O)[C@@H](CC(=O)[C@@H](NC(=O)[C@H](CCCN=C(N)N)CC(=O)[C@H](CCCCN)NC(=O)CCC(C)C)C(C)C)Cc1cnc[nH]1. The number of nitrogens with zero attached hydrogens (tertiary/aromatic N) is 2. The van der Waals surface area contributed by atoms with Crippen LogP contribution in [0.5, 0.6) is 0 Å². The van der Waals surface area contributed by atoms with Crippen LogP contribution in [0.1, 0.15) is 110 Å². The van der Waals surface area contributed by atoms with E-state index in [1.165, 1.54) is 6.33 Å². The molecule has 1 aromatic carbocycles. The number of aromatic amines is 1. The van der Waals surface area contributed by atoms with Gasteiger partial charge in [-0.1, -0.05) is 65.0 Å². The van der Waals surface area contributed by atoms with Crippen molar-refractivity contribution in [2.45, 2.75) is 130 Å². The Kier molecular flexibility index (Phi) is 22.1. The molecular formula is C42H67N9O6. The molecule has 0 saturated heterocycles. The summed E-state index contributed by atoms with van der Waals surface area (Å²) in [5.41, 5.74) is 18.2. The number of Topliss-reactive ketones (excluding diaryl/α,β-unsaturated/α-hetero) is 3. The number of H-pyrrole nitrogens is 1.